The van der Waals surface area contributed by atoms with Crippen molar-refractivity contribution in [2.45, 2.75) is 50.5 Å². The van der Waals surface area contributed by atoms with Crippen molar-refractivity contribution in [3.05, 3.63) is 35.9 Å². The van der Waals surface area contributed by atoms with E-state index in [4.69, 9.17) is 0 Å². The first-order chi connectivity index (χ1) is 12.6. The molecule has 0 radical (unpaired) electrons. The Morgan fingerprint density at radius 1 is 1.00 bits per heavy atom. The highest BCUT2D eigenvalue weighted by atomic mass is 19.3. The molecule has 0 spiro atoms. The van der Waals surface area contributed by atoms with Crippen molar-refractivity contribution >= 4 is 6.03 Å². The first kappa shape index (κ1) is 19.1. The molecule has 1 aromatic carbocycles. The van der Waals surface area contributed by atoms with Crippen LogP contribution in [0.4, 0.5) is 13.6 Å². The summed E-state index contributed by atoms with van der Waals surface area (Å²) < 4.78 is 26.6. The molecule has 1 atom stereocenters. The van der Waals surface area contributed by atoms with Crippen molar-refractivity contribution in [1.82, 2.24) is 15.1 Å². The highest BCUT2D eigenvalue weighted by molar-refractivity contribution is 5.74. The van der Waals surface area contributed by atoms with Gasteiger partial charge in [0, 0.05) is 32.5 Å². The summed E-state index contributed by atoms with van der Waals surface area (Å²) in [6, 6.07) is 10.1. The van der Waals surface area contributed by atoms with Gasteiger partial charge in [-0.25, -0.2) is 13.6 Å². The van der Waals surface area contributed by atoms with E-state index < -0.39 is 5.92 Å². The lowest BCUT2D eigenvalue weighted by Gasteiger charge is -2.34. The first-order valence-corrected chi connectivity index (χ1v) is 9.75. The van der Waals surface area contributed by atoms with Crippen LogP contribution in [0.1, 0.15) is 50.1 Å². The van der Waals surface area contributed by atoms with Crippen LogP contribution in [0.5, 0.6) is 0 Å². The van der Waals surface area contributed by atoms with Gasteiger partial charge in [-0.05, 0) is 31.5 Å². The zero-order valence-corrected chi connectivity index (χ0v) is 15.3. The molecule has 2 aliphatic rings. The Labute approximate surface area is 154 Å². The second-order valence-corrected chi connectivity index (χ2v) is 7.41. The van der Waals surface area contributed by atoms with Gasteiger partial charge in [-0.15, -0.1) is 0 Å². The van der Waals surface area contributed by atoms with Crippen LogP contribution < -0.4 is 5.32 Å². The van der Waals surface area contributed by atoms with Crippen molar-refractivity contribution in [1.29, 1.82) is 0 Å². The van der Waals surface area contributed by atoms with Gasteiger partial charge in [0.1, 0.15) is 0 Å². The SMILES string of the molecule is O=C(NCC(c1ccccc1)N1CCCCCC1)N1CCC(F)(F)CC1. The Morgan fingerprint density at radius 3 is 2.23 bits per heavy atom. The number of urea groups is 1. The van der Waals surface area contributed by atoms with E-state index in [1.807, 2.05) is 18.2 Å². The van der Waals surface area contributed by atoms with Crippen molar-refractivity contribution < 1.29 is 13.6 Å². The minimum Gasteiger partial charge on any atom is -0.336 e. The molecule has 3 rings (SSSR count). The molecular weight excluding hydrogens is 336 g/mol. The summed E-state index contributed by atoms with van der Waals surface area (Å²) in [4.78, 5) is 16.4. The van der Waals surface area contributed by atoms with E-state index in [9.17, 15) is 13.6 Å². The van der Waals surface area contributed by atoms with E-state index in [1.165, 1.54) is 36.1 Å². The summed E-state index contributed by atoms with van der Waals surface area (Å²) in [5.41, 5.74) is 1.19. The van der Waals surface area contributed by atoms with Gasteiger partial charge in [-0.1, -0.05) is 43.2 Å². The smallest absolute Gasteiger partial charge is 0.317 e. The highest BCUT2D eigenvalue weighted by Crippen LogP contribution is 2.28. The summed E-state index contributed by atoms with van der Waals surface area (Å²) >= 11 is 0. The monoisotopic (exact) mass is 365 g/mol. The summed E-state index contributed by atoms with van der Waals surface area (Å²) in [7, 11) is 0. The van der Waals surface area contributed by atoms with Gasteiger partial charge in [0.15, 0.2) is 0 Å². The molecular formula is C20H29F2N3O. The predicted molar refractivity (Wildman–Crippen MR) is 98.4 cm³/mol. The maximum atomic E-state index is 13.3. The number of hydrogen-bond acceptors (Lipinski definition) is 2. The molecule has 4 nitrogen and oxygen atoms in total. The summed E-state index contributed by atoms with van der Waals surface area (Å²) in [5.74, 6) is -2.63. The fourth-order valence-electron chi connectivity index (χ4n) is 3.87. The van der Waals surface area contributed by atoms with Crippen molar-refractivity contribution in [3.63, 3.8) is 0 Å². The number of carbonyl (C=O) groups excluding carboxylic acids is 1. The van der Waals surface area contributed by atoms with Crippen LogP contribution >= 0.6 is 0 Å². The number of carbonyl (C=O) groups is 1. The number of nitrogens with zero attached hydrogens (tertiary/aromatic N) is 2. The summed E-state index contributed by atoms with van der Waals surface area (Å²) in [6.07, 6.45) is 4.39. The van der Waals surface area contributed by atoms with Crippen molar-refractivity contribution in [2.24, 2.45) is 0 Å². The molecule has 0 aliphatic carbocycles. The second kappa shape index (κ2) is 8.80. The zero-order valence-electron chi connectivity index (χ0n) is 15.3. The molecule has 0 saturated carbocycles. The lowest BCUT2D eigenvalue weighted by Crippen LogP contribution is -2.49. The normalized spacial score (nSPS) is 22.5. The highest BCUT2D eigenvalue weighted by Gasteiger charge is 2.35. The first-order valence-electron chi connectivity index (χ1n) is 9.75. The third kappa shape index (κ3) is 5.16. The van der Waals surface area contributed by atoms with E-state index in [0.717, 1.165) is 13.1 Å². The number of benzene rings is 1. The van der Waals surface area contributed by atoms with Gasteiger partial charge in [0.25, 0.3) is 5.92 Å². The van der Waals surface area contributed by atoms with Crippen LogP contribution in [0.15, 0.2) is 30.3 Å². The number of nitrogens with one attached hydrogen (secondary N) is 1. The lowest BCUT2D eigenvalue weighted by molar-refractivity contribution is -0.0470. The molecule has 144 valence electrons. The Balaban J connectivity index is 1.61. The van der Waals surface area contributed by atoms with Crippen LogP contribution in [0.25, 0.3) is 0 Å². The molecule has 0 bridgehead atoms. The summed E-state index contributed by atoms with van der Waals surface area (Å²) in [5, 5.41) is 3.00. The van der Waals surface area contributed by atoms with Gasteiger partial charge in [-0.3, -0.25) is 4.90 Å². The molecule has 2 fully saturated rings. The maximum absolute atomic E-state index is 13.3. The number of rotatable bonds is 4. The van der Waals surface area contributed by atoms with E-state index in [0.29, 0.717) is 6.54 Å². The fourth-order valence-corrected chi connectivity index (χ4v) is 3.87. The number of amides is 2. The van der Waals surface area contributed by atoms with Gasteiger partial charge in [-0.2, -0.15) is 0 Å². The molecule has 1 aromatic rings. The maximum Gasteiger partial charge on any atom is 0.317 e. The second-order valence-electron chi connectivity index (χ2n) is 7.41. The molecule has 2 saturated heterocycles. The minimum absolute atomic E-state index is 0.124. The van der Waals surface area contributed by atoms with Gasteiger partial charge >= 0.3 is 6.03 Å². The number of halogens is 2. The number of likely N-dealkylation sites (tertiary alicyclic amines) is 2. The number of piperidine rings is 1. The molecule has 1 unspecified atom stereocenters. The molecule has 6 heteroatoms. The minimum atomic E-state index is -2.63. The fraction of sp³-hybridized carbons (Fsp3) is 0.650. The van der Waals surface area contributed by atoms with E-state index in [2.05, 4.69) is 22.3 Å². The number of alkyl halides is 2. The lowest BCUT2D eigenvalue weighted by atomic mass is 10.0. The largest absolute Gasteiger partial charge is 0.336 e. The van der Waals surface area contributed by atoms with Gasteiger partial charge < -0.3 is 10.2 Å². The molecule has 2 aliphatic heterocycles. The van der Waals surface area contributed by atoms with Gasteiger partial charge in [0.2, 0.25) is 0 Å². The Morgan fingerprint density at radius 2 is 1.62 bits per heavy atom. The Bertz CT molecular complexity index is 564. The topological polar surface area (TPSA) is 35.6 Å². The standard InChI is InChI=1S/C20H29F2N3O/c21-20(22)10-14-25(15-11-20)19(26)23-16-18(17-8-4-3-5-9-17)24-12-6-1-2-7-13-24/h3-5,8-9,18H,1-2,6-7,10-16H2,(H,23,26). The molecule has 26 heavy (non-hydrogen) atoms. The average Bonchev–Trinajstić information content (AvgIpc) is 2.92. The van der Waals surface area contributed by atoms with Crippen molar-refractivity contribution in [3.8, 4) is 0 Å². The van der Waals surface area contributed by atoms with Gasteiger partial charge in [0.05, 0.1) is 6.04 Å². The third-order valence-electron chi connectivity index (χ3n) is 5.49. The average molecular weight is 365 g/mol. The summed E-state index contributed by atoms with van der Waals surface area (Å²) in [6.45, 7) is 2.82. The van der Waals surface area contributed by atoms with Crippen LogP contribution in [0.3, 0.4) is 0 Å². The molecule has 0 aromatic heterocycles. The van der Waals surface area contributed by atoms with E-state index in [-0.39, 0.29) is 38.0 Å². The number of hydrogen-bond donors (Lipinski definition) is 1. The Kier molecular flexibility index (Phi) is 6.46. The zero-order chi connectivity index (χ0) is 18.4. The van der Waals surface area contributed by atoms with E-state index >= 15 is 0 Å². The Hall–Kier alpha value is -1.69. The van der Waals surface area contributed by atoms with Crippen molar-refractivity contribution in [2.75, 3.05) is 32.7 Å². The van der Waals surface area contributed by atoms with Crippen LogP contribution in [0, 0.1) is 0 Å². The quantitative estimate of drug-likeness (QED) is 0.874. The van der Waals surface area contributed by atoms with E-state index in [1.54, 1.807) is 0 Å². The predicted octanol–water partition coefficient (Wildman–Crippen LogP) is 4.04. The molecule has 2 heterocycles. The molecule has 2 amide bonds. The van der Waals surface area contributed by atoms with Crippen LogP contribution in [-0.2, 0) is 0 Å². The molecule has 1 N–H and O–H groups in total. The van der Waals surface area contributed by atoms with Crippen LogP contribution in [0.2, 0.25) is 0 Å². The van der Waals surface area contributed by atoms with Crippen LogP contribution in [-0.4, -0.2) is 54.5 Å². The third-order valence-corrected chi connectivity index (χ3v) is 5.49.